The molecule has 106 valence electrons. The van der Waals surface area contributed by atoms with Gasteiger partial charge in [-0.3, -0.25) is 0 Å². The zero-order chi connectivity index (χ0) is 13.7. The van der Waals surface area contributed by atoms with Crippen LogP contribution in [0.4, 0.5) is 11.6 Å². The molecule has 19 heavy (non-hydrogen) atoms. The summed E-state index contributed by atoms with van der Waals surface area (Å²) in [4.78, 5) is 11.3. The molecule has 6 heteroatoms. The second-order valence-electron chi connectivity index (χ2n) is 4.84. The molecule has 0 radical (unpaired) electrons. The minimum Gasteiger partial charge on any atom is -0.370 e. The molecule has 1 fully saturated rings. The molecule has 2 N–H and O–H groups in total. The predicted molar refractivity (Wildman–Crippen MR) is 78.3 cm³/mol. The summed E-state index contributed by atoms with van der Waals surface area (Å²) < 4.78 is 0. The van der Waals surface area contributed by atoms with E-state index in [0.717, 1.165) is 56.6 Å². The van der Waals surface area contributed by atoms with Crippen LogP contribution in [0.3, 0.4) is 0 Å². The van der Waals surface area contributed by atoms with E-state index in [4.69, 9.17) is 0 Å². The van der Waals surface area contributed by atoms with E-state index < -0.39 is 0 Å². The molecule has 1 aliphatic heterocycles. The number of nitrogens with zero attached hydrogens (tertiary/aromatic N) is 4. The summed E-state index contributed by atoms with van der Waals surface area (Å²) in [5.74, 6) is 2.65. The van der Waals surface area contributed by atoms with Crippen LogP contribution in [0.2, 0.25) is 0 Å². The van der Waals surface area contributed by atoms with Crippen molar-refractivity contribution in [3.63, 3.8) is 0 Å². The minimum atomic E-state index is 0.844. The Hall–Kier alpha value is -1.40. The van der Waals surface area contributed by atoms with Gasteiger partial charge < -0.3 is 15.6 Å². The molecule has 1 aromatic rings. The van der Waals surface area contributed by atoms with Crippen molar-refractivity contribution in [2.24, 2.45) is 0 Å². The summed E-state index contributed by atoms with van der Waals surface area (Å²) in [5.41, 5.74) is 3.39. The highest BCUT2D eigenvalue weighted by Crippen LogP contribution is 2.13. The van der Waals surface area contributed by atoms with Crippen LogP contribution < -0.4 is 10.7 Å². The number of anilines is 2. The highest BCUT2D eigenvalue weighted by molar-refractivity contribution is 5.47. The average Bonchev–Trinajstić information content (AvgIpc) is 2.41. The largest absolute Gasteiger partial charge is 0.370 e. The molecule has 1 aromatic heterocycles. The first-order valence-corrected chi connectivity index (χ1v) is 7.03. The number of nitrogens with one attached hydrogen (secondary N) is 2. The molecule has 0 amide bonds. The molecule has 0 aromatic carbocycles. The van der Waals surface area contributed by atoms with Crippen molar-refractivity contribution in [1.29, 1.82) is 0 Å². The lowest BCUT2D eigenvalue weighted by atomic mass is 10.4. The molecule has 6 nitrogen and oxygen atoms in total. The fourth-order valence-electron chi connectivity index (χ4n) is 2.06. The first-order valence-electron chi connectivity index (χ1n) is 7.03. The predicted octanol–water partition coefficient (Wildman–Crippen LogP) is 1.05. The summed E-state index contributed by atoms with van der Waals surface area (Å²) in [6.07, 6.45) is 0.844. The third-order valence-electron chi connectivity index (χ3n) is 3.22. The monoisotopic (exact) mass is 264 g/mol. The fourth-order valence-corrected chi connectivity index (χ4v) is 2.06. The highest BCUT2D eigenvalue weighted by Gasteiger charge is 2.14. The van der Waals surface area contributed by atoms with Crippen molar-refractivity contribution in [3.8, 4) is 0 Å². The van der Waals surface area contributed by atoms with Crippen LogP contribution >= 0.6 is 0 Å². The Balaban J connectivity index is 2.04. The molecule has 0 bridgehead atoms. The number of likely N-dealkylation sites (N-methyl/N-ethyl adjacent to an activating group) is 1. The summed E-state index contributed by atoms with van der Waals surface area (Å²) in [6, 6.07) is 1.97. The van der Waals surface area contributed by atoms with Crippen LogP contribution in [0.25, 0.3) is 0 Å². The quantitative estimate of drug-likeness (QED) is 0.829. The Morgan fingerprint density at radius 2 is 1.79 bits per heavy atom. The first kappa shape index (κ1) is 14.0. The van der Waals surface area contributed by atoms with E-state index in [2.05, 4.69) is 51.5 Å². The van der Waals surface area contributed by atoms with E-state index in [1.54, 1.807) is 0 Å². The minimum absolute atomic E-state index is 0.844. The lowest BCUT2D eigenvalue weighted by Gasteiger charge is -2.32. The summed E-state index contributed by atoms with van der Waals surface area (Å²) in [7, 11) is 2.15. The standard InChI is InChI=1S/C13H24N6/c1-4-11-15-12(14-5-2)10-13(16-11)17-19-8-6-18(3)7-9-19/h10H,4-9H2,1-3H3,(H2,14,15,16,17). The van der Waals surface area contributed by atoms with Crippen molar-refractivity contribution >= 4 is 11.6 Å². The SMILES string of the molecule is CCNc1cc(NN2CCN(C)CC2)nc(CC)n1. The van der Waals surface area contributed by atoms with Crippen molar-refractivity contribution in [2.45, 2.75) is 20.3 Å². The number of aryl methyl sites for hydroxylation is 1. The lowest BCUT2D eigenvalue weighted by molar-refractivity contribution is 0.178. The molecular formula is C13H24N6. The van der Waals surface area contributed by atoms with E-state index in [9.17, 15) is 0 Å². The smallest absolute Gasteiger partial charge is 0.146 e. The van der Waals surface area contributed by atoms with E-state index >= 15 is 0 Å². The summed E-state index contributed by atoms with van der Waals surface area (Å²) >= 11 is 0. The van der Waals surface area contributed by atoms with Gasteiger partial charge in [0.15, 0.2) is 0 Å². The molecule has 2 rings (SSSR count). The van der Waals surface area contributed by atoms with E-state index in [-0.39, 0.29) is 0 Å². The van der Waals surface area contributed by atoms with Gasteiger partial charge in [-0.25, -0.2) is 15.0 Å². The average molecular weight is 264 g/mol. The van der Waals surface area contributed by atoms with Gasteiger partial charge >= 0.3 is 0 Å². The fraction of sp³-hybridized carbons (Fsp3) is 0.692. The summed E-state index contributed by atoms with van der Waals surface area (Å²) in [6.45, 7) is 9.20. The van der Waals surface area contributed by atoms with Crippen LogP contribution in [0.1, 0.15) is 19.7 Å². The van der Waals surface area contributed by atoms with Gasteiger partial charge in [0.05, 0.1) is 0 Å². The van der Waals surface area contributed by atoms with Crippen LogP contribution in [0.5, 0.6) is 0 Å². The van der Waals surface area contributed by atoms with Gasteiger partial charge in [0.1, 0.15) is 17.5 Å². The Labute approximate surface area is 115 Å². The maximum Gasteiger partial charge on any atom is 0.146 e. The number of hydrogen-bond donors (Lipinski definition) is 2. The second kappa shape index (κ2) is 6.68. The maximum absolute atomic E-state index is 4.53. The molecule has 1 saturated heterocycles. The number of hydrogen-bond acceptors (Lipinski definition) is 6. The molecule has 0 aliphatic carbocycles. The highest BCUT2D eigenvalue weighted by atomic mass is 15.5. The van der Waals surface area contributed by atoms with Gasteiger partial charge in [-0.2, -0.15) is 0 Å². The third kappa shape index (κ3) is 4.04. The lowest BCUT2D eigenvalue weighted by Crippen LogP contribution is -2.47. The van der Waals surface area contributed by atoms with Crippen LogP contribution in [-0.4, -0.2) is 59.6 Å². The Morgan fingerprint density at radius 3 is 2.42 bits per heavy atom. The van der Waals surface area contributed by atoms with E-state index in [1.165, 1.54) is 0 Å². The van der Waals surface area contributed by atoms with Crippen molar-refractivity contribution < 1.29 is 0 Å². The second-order valence-corrected chi connectivity index (χ2v) is 4.84. The van der Waals surface area contributed by atoms with Crippen LogP contribution in [-0.2, 0) is 6.42 Å². The van der Waals surface area contributed by atoms with Gasteiger partial charge in [-0.05, 0) is 14.0 Å². The van der Waals surface area contributed by atoms with Crippen molar-refractivity contribution in [1.82, 2.24) is 19.9 Å². The van der Waals surface area contributed by atoms with Gasteiger partial charge in [0, 0.05) is 45.2 Å². The first-order chi connectivity index (χ1) is 9.21. The number of rotatable bonds is 5. The normalized spacial score (nSPS) is 17.4. The van der Waals surface area contributed by atoms with E-state index in [0.29, 0.717) is 0 Å². The zero-order valence-corrected chi connectivity index (χ0v) is 12.1. The topological polar surface area (TPSA) is 56.3 Å². The summed E-state index contributed by atoms with van der Waals surface area (Å²) in [5, 5.41) is 5.47. The Bertz CT molecular complexity index is 400. The van der Waals surface area contributed by atoms with Crippen molar-refractivity contribution in [3.05, 3.63) is 11.9 Å². The zero-order valence-electron chi connectivity index (χ0n) is 12.1. The number of hydrazine groups is 1. The molecular weight excluding hydrogens is 240 g/mol. The molecule has 0 atom stereocenters. The molecule has 2 heterocycles. The van der Waals surface area contributed by atoms with E-state index in [1.807, 2.05) is 6.07 Å². The number of piperazine rings is 1. The van der Waals surface area contributed by atoms with Gasteiger partial charge in [0.2, 0.25) is 0 Å². The van der Waals surface area contributed by atoms with Gasteiger partial charge in [0.25, 0.3) is 0 Å². The van der Waals surface area contributed by atoms with Gasteiger partial charge in [-0.15, -0.1) is 0 Å². The number of aromatic nitrogens is 2. The van der Waals surface area contributed by atoms with Crippen LogP contribution in [0, 0.1) is 0 Å². The van der Waals surface area contributed by atoms with Gasteiger partial charge in [-0.1, -0.05) is 6.92 Å². The molecule has 1 aliphatic rings. The molecule has 0 spiro atoms. The molecule has 0 saturated carbocycles. The van der Waals surface area contributed by atoms with Crippen LogP contribution in [0.15, 0.2) is 6.07 Å². The third-order valence-corrected chi connectivity index (χ3v) is 3.22. The maximum atomic E-state index is 4.53. The Morgan fingerprint density at radius 1 is 1.11 bits per heavy atom. The van der Waals surface area contributed by atoms with Crippen molar-refractivity contribution in [2.75, 3.05) is 50.5 Å². The Kier molecular flexibility index (Phi) is 4.93. The molecule has 0 unspecified atom stereocenters.